The van der Waals surface area contributed by atoms with Gasteiger partial charge in [0.2, 0.25) is 23.6 Å². The van der Waals surface area contributed by atoms with E-state index < -0.39 is 154 Å². The predicted molar refractivity (Wildman–Crippen MR) is 253 cm³/mol. The largest absolute Gasteiger partial charge is 0.490 e. The number of hydrogen-bond donors (Lipinski definition) is 13. The number of nitrogen functional groups attached to an aromatic ring is 3. The zero-order chi connectivity index (χ0) is 57.3. The van der Waals surface area contributed by atoms with Gasteiger partial charge in [-0.05, 0) is 5.53 Å². The van der Waals surface area contributed by atoms with Crippen LogP contribution < -0.4 is 38.4 Å². The van der Waals surface area contributed by atoms with Crippen molar-refractivity contribution in [2.45, 2.75) is 67.5 Å². The summed E-state index contributed by atoms with van der Waals surface area (Å²) in [6.07, 6.45) is -15.2. The monoisotopic (exact) mass is 1200 g/mol. The van der Waals surface area contributed by atoms with Crippen LogP contribution in [0.15, 0.2) is 38.5 Å². The first-order valence-corrected chi connectivity index (χ1v) is 28.2. The lowest BCUT2D eigenvalue weighted by Crippen LogP contribution is -2.45. The minimum atomic E-state index is -6.26. The molecule has 5 unspecified atom stereocenters. The van der Waals surface area contributed by atoms with E-state index in [4.69, 9.17) is 59.8 Å². The number of aliphatic hydroxyl groups is 3. The SMILES string of the molecule is CO[C@@H]1[C@H](OP(=O)(O)OC[C@H]2O[C@@H](n3cnc4c(=O)[nH]c(N)nc43)[C@H](O)[C@@H]2O)[C@@H](COP(=O)(O)OP(=O)(O)OP(=O)(O)OC[C@H]2OC([n+]3cn(C)c4c(=O)[nH]c(N)nc43)[C@H](O)[C@@H]2CN=[N+]=[N-])O[C@H]1n1cnc2c(=O)[nH]c(N)nc21. The normalized spacial score (nSPS) is 29.4. The number of aromatic nitrogens is 12. The molecular weight excluding hydrogens is 1160 g/mol. The van der Waals surface area contributed by atoms with Crippen LogP contribution in [0.1, 0.15) is 18.7 Å². The van der Waals surface area contributed by atoms with E-state index in [9.17, 15) is 67.5 Å². The average molecular weight is 1200 g/mol. The van der Waals surface area contributed by atoms with Gasteiger partial charge in [-0.25, -0.2) is 32.8 Å². The zero-order valence-electron chi connectivity index (χ0n) is 39.9. The minimum Gasteiger partial charge on any atom is -0.387 e. The van der Waals surface area contributed by atoms with Crippen molar-refractivity contribution in [1.29, 1.82) is 0 Å². The highest BCUT2D eigenvalue weighted by Crippen LogP contribution is 2.68. The van der Waals surface area contributed by atoms with E-state index in [1.807, 2.05) is 0 Å². The number of phosphoric acid groups is 4. The van der Waals surface area contributed by atoms with Crippen LogP contribution in [0.2, 0.25) is 0 Å². The molecule has 0 amide bonds. The number of methoxy groups -OCH3 is 1. The topological polar surface area (TPSA) is 611 Å². The van der Waals surface area contributed by atoms with Gasteiger partial charge in [-0.15, -0.1) is 0 Å². The van der Waals surface area contributed by atoms with Crippen LogP contribution in [0.5, 0.6) is 0 Å². The summed E-state index contributed by atoms with van der Waals surface area (Å²) < 4.78 is 110. The van der Waals surface area contributed by atoms with Gasteiger partial charge in [-0.1, -0.05) is 10.1 Å². The first kappa shape index (κ1) is 57.7. The maximum atomic E-state index is 13.7. The Morgan fingerprint density at radius 1 is 0.709 bits per heavy atom. The minimum absolute atomic E-state index is 0.0214. The second kappa shape index (κ2) is 21.8. The number of nitrogens with two attached hydrogens (primary N) is 3. The maximum Gasteiger partial charge on any atom is 0.490 e. The van der Waals surface area contributed by atoms with Crippen molar-refractivity contribution in [1.82, 2.24) is 53.6 Å². The molecule has 0 saturated carbocycles. The molecule has 3 fully saturated rings. The molecule has 42 nitrogen and oxygen atoms in total. The van der Waals surface area contributed by atoms with E-state index in [2.05, 4.69) is 58.5 Å². The number of hydrogen-bond acceptors (Lipinski definition) is 29. The fourth-order valence-electron chi connectivity index (χ4n) is 8.81. The lowest BCUT2D eigenvalue weighted by Gasteiger charge is -2.26. The molecule has 0 spiro atoms. The van der Waals surface area contributed by atoms with Crippen molar-refractivity contribution >= 4 is 82.6 Å². The number of imidazole rings is 3. The molecule has 46 heteroatoms. The fourth-order valence-corrected chi connectivity index (χ4v) is 13.3. The van der Waals surface area contributed by atoms with Crippen molar-refractivity contribution in [3.8, 4) is 0 Å². The molecular formula is C33H45N18O24P4+. The van der Waals surface area contributed by atoms with Crippen molar-refractivity contribution in [2.75, 3.05) is 50.7 Å². The van der Waals surface area contributed by atoms with E-state index in [0.29, 0.717) is 0 Å². The Hall–Kier alpha value is -6.00. The second-order valence-electron chi connectivity index (χ2n) is 17.2. The van der Waals surface area contributed by atoms with E-state index in [-0.39, 0.29) is 45.4 Å². The number of aromatic amines is 3. The summed E-state index contributed by atoms with van der Waals surface area (Å²) in [6.45, 7) is -3.96. The molecule has 3 aliphatic rings. The lowest BCUT2D eigenvalue weighted by molar-refractivity contribution is -0.745. The second-order valence-corrected chi connectivity index (χ2v) is 23.3. The number of nitrogens with one attached hydrogen (secondary N) is 3. The van der Waals surface area contributed by atoms with Crippen LogP contribution in [0.25, 0.3) is 43.9 Å². The molecule has 79 heavy (non-hydrogen) atoms. The van der Waals surface area contributed by atoms with Gasteiger partial charge in [-0.2, -0.15) is 18.6 Å². The molecule has 0 radical (unpaired) electrons. The third-order valence-electron chi connectivity index (χ3n) is 12.2. The molecule has 3 aliphatic heterocycles. The van der Waals surface area contributed by atoms with E-state index in [1.165, 1.54) is 22.5 Å². The van der Waals surface area contributed by atoms with Crippen LogP contribution in [0, 0.1) is 5.92 Å². The van der Waals surface area contributed by atoms with E-state index >= 15 is 0 Å². The van der Waals surface area contributed by atoms with E-state index in [1.54, 1.807) is 0 Å². The molecule has 9 heterocycles. The highest BCUT2D eigenvalue weighted by molar-refractivity contribution is 7.66. The molecule has 0 aliphatic carbocycles. The molecule has 0 bridgehead atoms. The summed E-state index contributed by atoms with van der Waals surface area (Å²) in [7, 11) is -21.2. The van der Waals surface area contributed by atoms with Gasteiger partial charge in [-0.3, -0.25) is 61.1 Å². The smallest absolute Gasteiger partial charge is 0.387 e. The zero-order valence-corrected chi connectivity index (χ0v) is 43.5. The molecule has 6 aromatic rings. The van der Waals surface area contributed by atoms with Crippen LogP contribution in [0.4, 0.5) is 17.8 Å². The summed E-state index contributed by atoms with van der Waals surface area (Å²) in [4.78, 5) is 110. The van der Waals surface area contributed by atoms with Gasteiger partial charge in [0.15, 0.2) is 41.1 Å². The number of anilines is 3. The number of phosphoric ester groups is 3. The highest BCUT2D eigenvalue weighted by Gasteiger charge is 2.54. The Bertz CT molecular complexity index is 3750. The third kappa shape index (κ3) is 11.8. The summed E-state index contributed by atoms with van der Waals surface area (Å²) in [5.41, 5.74) is 22.8. The molecule has 3 saturated heterocycles. The van der Waals surface area contributed by atoms with Gasteiger partial charge < -0.3 is 71.0 Å². The molecule has 430 valence electrons. The number of H-pyrrole nitrogens is 3. The lowest BCUT2D eigenvalue weighted by atomic mass is 9.98. The molecule has 6 aromatic heterocycles. The van der Waals surface area contributed by atoms with Crippen LogP contribution in [-0.2, 0) is 71.0 Å². The van der Waals surface area contributed by atoms with Crippen molar-refractivity contribution in [3.63, 3.8) is 0 Å². The van der Waals surface area contributed by atoms with Gasteiger partial charge in [0.25, 0.3) is 22.6 Å². The number of rotatable bonds is 21. The summed E-state index contributed by atoms with van der Waals surface area (Å²) in [5.74, 6) is -2.30. The van der Waals surface area contributed by atoms with E-state index in [0.717, 1.165) is 28.9 Å². The molecule has 16 N–H and O–H groups in total. The Kier molecular flexibility index (Phi) is 15.9. The quantitative estimate of drug-likeness (QED) is 0.0108. The Morgan fingerprint density at radius 3 is 1.81 bits per heavy atom. The Labute approximate surface area is 435 Å². The standard InChI is InChI=1S/C33H44N18O24P4/c1-48-9-51(24-16(48)27(57)46-33(36)43-24)28-17(52)10(3-40-47-37)11(70-28)4-68-77(60,61)74-79(64,65)75-78(62,63)69-6-13-20(21(66-2)30(72-13)50-8-39-15-23(50)42-32(35)45-26(15)56)73-76(58,59)67-5-12-18(53)19(54)29(71-12)49-7-38-14-22(49)41-31(34)44-25(14)55/h7-13,17-21,28-30,52-54H,3-6H2,1-2H3,(H12-,34,35,36,41,42,43,44,45,46,55,56,57,58,59,60,61,62,63,64,65)/p+1/t10-,11-,12-,13-,17-,18-,19-,20-,21-,28?,29-,30-/m1/s1. The molecule has 0 aromatic carbocycles. The highest BCUT2D eigenvalue weighted by atomic mass is 31.3. The molecule has 16 atom stereocenters. The van der Waals surface area contributed by atoms with Crippen LogP contribution in [-0.4, -0.2) is 171 Å². The Balaban J connectivity index is 0.882. The van der Waals surface area contributed by atoms with Crippen molar-refractivity contribution < 1.29 is 103 Å². The van der Waals surface area contributed by atoms with Crippen LogP contribution >= 0.6 is 31.3 Å². The number of aliphatic hydroxyl groups excluding tert-OH is 3. The van der Waals surface area contributed by atoms with Gasteiger partial charge in [0.1, 0.15) is 42.7 Å². The van der Waals surface area contributed by atoms with Gasteiger partial charge >= 0.3 is 36.9 Å². The first-order valence-electron chi connectivity index (χ1n) is 22.2. The summed E-state index contributed by atoms with van der Waals surface area (Å²) in [5, 5.41) is 36.4. The number of ether oxygens (including phenoxy) is 4. The van der Waals surface area contributed by atoms with Crippen LogP contribution in [0.3, 0.4) is 0 Å². The number of nitrogens with zero attached hydrogens (tertiary/aromatic N) is 12. The van der Waals surface area contributed by atoms with Crippen molar-refractivity contribution in [3.05, 3.63) is 60.5 Å². The summed E-state index contributed by atoms with van der Waals surface area (Å²) >= 11 is 0. The number of azide groups is 1. The summed E-state index contributed by atoms with van der Waals surface area (Å²) in [6, 6.07) is 0. The fraction of sp³-hybridized carbons (Fsp3) is 0.545. The number of fused-ring (bicyclic) bond motifs is 3. The third-order valence-corrected chi connectivity index (χ3v) is 17.4. The van der Waals surface area contributed by atoms with Gasteiger partial charge in [0.05, 0.1) is 45.6 Å². The van der Waals surface area contributed by atoms with Gasteiger partial charge in [0, 0.05) is 24.5 Å². The first-order chi connectivity index (χ1) is 37.1. The Morgan fingerprint density at radius 2 is 1.23 bits per heavy atom. The predicted octanol–water partition coefficient (Wildman–Crippen LogP) is -3.85. The van der Waals surface area contributed by atoms with Crippen molar-refractivity contribution in [2.24, 2.45) is 18.1 Å². The number of aryl methyl sites for hydroxylation is 1. The maximum absolute atomic E-state index is 13.7. The molecule has 9 rings (SSSR count). The average Bonchev–Trinajstić information content (AvgIpc) is 4.21.